The van der Waals surface area contributed by atoms with Gasteiger partial charge in [0, 0.05) is 19.6 Å². The van der Waals surface area contributed by atoms with E-state index < -0.39 is 47.7 Å². The number of amides is 4. The lowest BCUT2D eigenvalue weighted by Crippen LogP contribution is -2.48. The maximum Gasteiger partial charge on any atom is 0.416 e. The van der Waals surface area contributed by atoms with Gasteiger partial charge in [-0.1, -0.05) is 17.7 Å². The summed E-state index contributed by atoms with van der Waals surface area (Å²) in [6.45, 7) is 2.41. The van der Waals surface area contributed by atoms with Crippen LogP contribution < -0.4 is 16.0 Å². The van der Waals surface area contributed by atoms with Gasteiger partial charge in [0.25, 0.3) is 11.8 Å². The molecule has 10 nitrogen and oxygen atoms in total. The lowest BCUT2D eigenvalue weighted by Gasteiger charge is -2.32. The molecule has 1 fully saturated rings. The number of nitrogens with zero attached hydrogens (tertiary/aromatic N) is 2. The van der Waals surface area contributed by atoms with E-state index in [2.05, 4.69) is 16.0 Å². The molecule has 0 saturated carbocycles. The van der Waals surface area contributed by atoms with Crippen LogP contribution in [0.2, 0.25) is 5.02 Å². The van der Waals surface area contributed by atoms with Crippen molar-refractivity contribution in [3.05, 3.63) is 63.7 Å². The highest BCUT2D eigenvalue weighted by atomic mass is 35.5. The van der Waals surface area contributed by atoms with E-state index in [1.54, 1.807) is 18.0 Å². The molecule has 4 amide bonds. The Hall–Kier alpha value is -3.84. The summed E-state index contributed by atoms with van der Waals surface area (Å²) in [6.07, 6.45) is -3.11. The molecule has 0 radical (unpaired) electrons. The molecule has 2 aromatic carbocycles. The molecule has 0 unspecified atom stereocenters. The third kappa shape index (κ3) is 7.83. The van der Waals surface area contributed by atoms with Gasteiger partial charge in [0.15, 0.2) is 0 Å². The van der Waals surface area contributed by atoms with Crippen molar-refractivity contribution in [2.24, 2.45) is 0 Å². The van der Waals surface area contributed by atoms with Crippen molar-refractivity contribution in [3.63, 3.8) is 0 Å². The number of carbonyl (C=O) groups excluding carboxylic acids is 3. The standard InChI is InChI=1S/C25H27ClF3N5O5/c1-2-30-24(39)32-20-8-6-16(25(27,28)29)12-18(20)22(36)31-13-21(35)34(33-9-3-4-10-33)14-15-5-7-19(26)17(11-15)23(37)38/h5-8,11-12H,2-4,9-10,13-14H2,1H3,(H,31,36)(H,37,38)(H2,30,32,39). The van der Waals surface area contributed by atoms with Crippen LogP contribution in [0.4, 0.5) is 23.7 Å². The molecule has 1 saturated heterocycles. The number of halogens is 4. The number of urea groups is 1. The summed E-state index contributed by atoms with van der Waals surface area (Å²) in [6, 6.07) is 5.91. The smallest absolute Gasteiger partial charge is 0.416 e. The molecule has 0 aliphatic carbocycles. The van der Waals surface area contributed by atoms with Crippen LogP contribution in [0.1, 0.15) is 51.6 Å². The Kier molecular flexibility index (Phi) is 9.76. The zero-order chi connectivity index (χ0) is 28.7. The summed E-state index contributed by atoms with van der Waals surface area (Å²) < 4.78 is 39.9. The number of alkyl halides is 3. The van der Waals surface area contributed by atoms with Crippen LogP contribution in [0.5, 0.6) is 0 Å². The van der Waals surface area contributed by atoms with Crippen LogP contribution in [0.25, 0.3) is 0 Å². The van der Waals surface area contributed by atoms with Crippen molar-refractivity contribution in [1.82, 2.24) is 20.7 Å². The topological polar surface area (TPSA) is 131 Å². The molecule has 0 bridgehead atoms. The molecule has 0 atom stereocenters. The second kappa shape index (κ2) is 12.8. The number of carboxylic acids is 1. The first-order chi connectivity index (χ1) is 18.4. The van der Waals surface area contributed by atoms with Gasteiger partial charge in [-0.3, -0.25) is 14.6 Å². The fourth-order valence-electron chi connectivity index (χ4n) is 3.98. The molecule has 3 rings (SSSR count). The molecule has 1 aliphatic rings. The number of carboxylic acid groups (broad SMARTS) is 1. The second-order valence-corrected chi connectivity index (χ2v) is 9.06. The van der Waals surface area contributed by atoms with Crippen molar-refractivity contribution in [2.45, 2.75) is 32.5 Å². The zero-order valence-electron chi connectivity index (χ0n) is 20.9. The average molecular weight is 570 g/mol. The quantitative estimate of drug-likeness (QED) is 0.361. The third-order valence-electron chi connectivity index (χ3n) is 5.88. The summed E-state index contributed by atoms with van der Waals surface area (Å²) in [5.41, 5.74) is -1.39. The number of hydrazine groups is 1. The Balaban J connectivity index is 1.80. The molecular weight excluding hydrogens is 543 g/mol. The second-order valence-electron chi connectivity index (χ2n) is 8.66. The third-order valence-corrected chi connectivity index (χ3v) is 6.21. The van der Waals surface area contributed by atoms with Crippen molar-refractivity contribution in [1.29, 1.82) is 0 Å². The van der Waals surface area contributed by atoms with Gasteiger partial charge in [0.1, 0.15) is 0 Å². The van der Waals surface area contributed by atoms with Gasteiger partial charge in [-0.25, -0.2) is 14.6 Å². The van der Waals surface area contributed by atoms with E-state index in [1.807, 2.05) is 0 Å². The number of benzene rings is 2. The molecule has 0 aromatic heterocycles. The number of anilines is 1. The van der Waals surface area contributed by atoms with Crippen LogP contribution in [-0.2, 0) is 17.5 Å². The van der Waals surface area contributed by atoms with Gasteiger partial charge < -0.3 is 21.1 Å². The van der Waals surface area contributed by atoms with Crippen LogP contribution in [0, 0.1) is 0 Å². The Morgan fingerprint density at radius 3 is 2.33 bits per heavy atom. The molecule has 0 spiro atoms. The van der Waals surface area contributed by atoms with Crippen molar-refractivity contribution in [3.8, 4) is 0 Å². The fraction of sp³-hybridized carbons (Fsp3) is 0.360. The largest absolute Gasteiger partial charge is 0.478 e. The van der Waals surface area contributed by atoms with Crippen LogP contribution in [0.15, 0.2) is 36.4 Å². The minimum absolute atomic E-state index is 0.0142. The summed E-state index contributed by atoms with van der Waals surface area (Å²) in [5.74, 6) is -2.80. The van der Waals surface area contributed by atoms with E-state index in [9.17, 15) is 37.5 Å². The van der Waals surface area contributed by atoms with E-state index >= 15 is 0 Å². The van der Waals surface area contributed by atoms with Crippen LogP contribution in [-0.4, -0.2) is 65.1 Å². The van der Waals surface area contributed by atoms with Gasteiger partial charge in [-0.15, -0.1) is 0 Å². The highest BCUT2D eigenvalue weighted by Gasteiger charge is 2.32. The number of hydrogen-bond acceptors (Lipinski definition) is 5. The van der Waals surface area contributed by atoms with Gasteiger partial charge in [0.2, 0.25) is 0 Å². The average Bonchev–Trinajstić information content (AvgIpc) is 3.40. The molecule has 210 valence electrons. The highest BCUT2D eigenvalue weighted by molar-refractivity contribution is 6.33. The number of hydrogen-bond donors (Lipinski definition) is 4. The summed E-state index contributed by atoms with van der Waals surface area (Å²) in [7, 11) is 0. The fourth-order valence-corrected chi connectivity index (χ4v) is 4.18. The Labute approximate surface area is 227 Å². The molecule has 14 heteroatoms. The van der Waals surface area contributed by atoms with E-state index in [4.69, 9.17) is 11.6 Å². The lowest BCUT2D eigenvalue weighted by molar-refractivity contribution is -0.147. The molecule has 1 aliphatic heterocycles. The van der Waals surface area contributed by atoms with Gasteiger partial charge in [-0.05, 0) is 55.7 Å². The SMILES string of the molecule is CCNC(=O)Nc1ccc(C(F)(F)F)cc1C(=O)NCC(=O)N(Cc1ccc(Cl)c(C(=O)O)c1)N1CCCC1. The normalized spacial score (nSPS) is 13.6. The van der Waals surface area contributed by atoms with E-state index in [-0.39, 0.29) is 29.4 Å². The van der Waals surface area contributed by atoms with Crippen molar-refractivity contribution in [2.75, 3.05) is 31.5 Å². The maximum absolute atomic E-state index is 13.3. The number of carbonyl (C=O) groups is 4. The Bertz CT molecular complexity index is 1250. The van der Waals surface area contributed by atoms with E-state index in [0.717, 1.165) is 25.0 Å². The Morgan fingerprint density at radius 2 is 1.72 bits per heavy atom. The first kappa shape index (κ1) is 29.7. The van der Waals surface area contributed by atoms with E-state index in [0.29, 0.717) is 24.7 Å². The molecule has 1 heterocycles. The van der Waals surface area contributed by atoms with Gasteiger partial charge in [0.05, 0.1) is 40.5 Å². The van der Waals surface area contributed by atoms with E-state index in [1.165, 1.54) is 17.1 Å². The first-order valence-electron chi connectivity index (χ1n) is 12.0. The molecule has 2 aromatic rings. The Morgan fingerprint density at radius 1 is 1.03 bits per heavy atom. The van der Waals surface area contributed by atoms with Crippen molar-refractivity contribution >= 4 is 41.1 Å². The van der Waals surface area contributed by atoms with Gasteiger partial charge >= 0.3 is 18.2 Å². The van der Waals surface area contributed by atoms with Crippen molar-refractivity contribution < 1.29 is 37.5 Å². The van der Waals surface area contributed by atoms with Crippen LogP contribution >= 0.6 is 11.6 Å². The lowest BCUT2D eigenvalue weighted by atomic mass is 10.1. The predicted octanol–water partition coefficient (Wildman–Crippen LogP) is 3.97. The number of nitrogens with one attached hydrogen (secondary N) is 3. The number of rotatable bonds is 9. The minimum atomic E-state index is -4.74. The molecule has 4 N–H and O–H groups in total. The first-order valence-corrected chi connectivity index (χ1v) is 12.4. The number of aromatic carboxylic acids is 1. The maximum atomic E-state index is 13.3. The molecular formula is C25H27ClF3N5O5. The van der Waals surface area contributed by atoms with Gasteiger partial charge in [-0.2, -0.15) is 13.2 Å². The molecule has 39 heavy (non-hydrogen) atoms. The predicted molar refractivity (Wildman–Crippen MR) is 136 cm³/mol. The summed E-state index contributed by atoms with van der Waals surface area (Å²) in [4.78, 5) is 49.5. The summed E-state index contributed by atoms with van der Waals surface area (Å²) >= 11 is 5.94. The highest BCUT2D eigenvalue weighted by Crippen LogP contribution is 2.32. The summed E-state index contributed by atoms with van der Waals surface area (Å²) in [5, 5.41) is 19.6. The zero-order valence-corrected chi connectivity index (χ0v) is 21.7. The monoisotopic (exact) mass is 569 g/mol. The van der Waals surface area contributed by atoms with Crippen LogP contribution in [0.3, 0.4) is 0 Å². The minimum Gasteiger partial charge on any atom is -0.478 e.